The van der Waals surface area contributed by atoms with E-state index in [1.165, 1.54) is 19.3 Å². The number of nitrogens with one attached hydrogen (secondary N) is 1. The van der Waals surface area contributed by atoms with Crippen molar-refractivity contribution >= 4 is 6.21 Å². The Labute approximate surface area is 76.1 Å². The summed E-state index contributed by atoms with van der Waals surface area (Å²) in [4.78, 5) is 0. The average Bonchev–Trinajstić information content (AvgIpc) is 2.03. The Kier molecular flexibility index (Phi) is 3.30. The largest absolute Gasteiger partial charge is 0.313 e. The zero-order valence-electron chi connectivity index (χ0n) is 8.51. The lowest BCUT2D eigenvalue weighted by Crippen LogP contribution is -2.28. The lowest BCUT2D eigenvalue weighted by Gasteiger charge is -2.34. The molecule has 0 spiro atoms. The van der Waals surface area contributed by atoms with E-state index in [2.05, 4.69) is 20.8 Å². The highest BCUT2D eigenvalue weighted by Gasteiger charge is 2.28. The summed E-state index contributed by atoms with van der Waals surface area (Å²) in [6.45, 7) is 6.89. The van der Waals surface area contributed by atoms with Gasteiger partial charge < -0.3 is 5.41 Å². The number of hydrogen-bond donors (Lipinski definition) is 1. The summed E-state index contributed by atoms with van der Waals surface area (Å²) in [6, 6.07) is 0. The third-order valence-corrected chi connectivity index (χ3v) is 3.29. The lowest BCUT2D eigenvalue weighted by molar-refractivity contribution is 0.194. The van der Waals surface area contributed by atoms with E-state index < -0.39 is 0 Å². The molecule has 1 heteroatoms. The third kappa shape index (κ3) is 2.09. The van der Waals surface area contributed by atoms with Crippen LogP contribution >= 0.6 is 0 Å². The van der Waals surface area contributed by atoms with Crippen LogP contribution < -0.4 is 0 Å². The first kappa shape index (κ1) is 9.76. The Balaban J connectivity index is 2.56. The molecule has 1 aliphatic carbocycles. The van der Waals surface area contributed by atoms with Gasteiger partial charge in [0.15, 0.2) is 0 Å². The van der Waals surface area contributed by atoms with E-state index in [-0.39, 0.29) is 0 Å². The van der Waals surface area contributed by atoms with Crippen molar-refractivity contribution in [3.63, 3.8) is 0 Å². The normalized spacial score (nSPS) is 36.8. The molecule has 0 bridgehead atoms. The van der Waals surface area contributed by atoms with Crippen LogP contribution in [0.2, 0.25) is 0 Å². The summed E-state index contributed by atoms with van der Waals surface area (Å²) in [5.41, 5.74) is 0. The molecular weight excluding hydrogens is 146 g/mol. The summed E-state index contributed by atoms with van der Waals surface area (Å²) < 4.78 is 0. The van der Waals surface area contributed by atoms with Gasteiger partial charge in [0.25, 0.3) is 0 Å². The summed E-state index contributed by atoms with van der Waals surface area (Å²) in [7, 11) is 0. The maximum atomic E-state index is 7.39. The zero-order chi connectivity index (χ0) is 9.14. The van der Waals surface area contributed by atoms with E-state index in [4.69, 9.17) is 5.41 Å². The summed E-state index contributed by atoms with van der Waals surface area (Å²) >= 11 is 0. The standard InChI is InChI=1S/C11H21N/c1-8(2)11-5-4-9(3)6-10(11)7-12/h7-12H,4-6H2,1-3H3/t9-,10+,11+/m1/s1. The second kappa shape index (κ2) is 4.06. The Morgan fingerprint density at radius 1 is 1.33 bits per heavy atom. The molecule has 0 amide bonds. The molecule has 1 fully saturated rings. The molecule has 0 aliphatic heterocycles. The van der Waals surface area contributed by atoms with Gasteiger partial charge in [-0.25, -0.2) is 0 Å². The van der Waals surface area contributed by atoms with Gasteiger partial charge in [-0.2, -0.15) is 0 Å². The Bertz CT molecular complexity index is 151. The lowest BCUT2D eigenvalue weighted by atomic mass is 9.71. The first-order valence-electron chi connectivity index (χ1n) is 5.15. The van der Waals surface area contributed by atoms with Gasteiger partial charge in [-0.15, -0.1) is 0 Å². The van der Waals surface area contributed by atoms with Crippen molar-refractivity contribution in [3.8, 4) is 0 Å². The van der Waals surface area contributed by atoms with Crippen LogP contribution in [0.5, 0.6) is 0 Å². The van der Waals surface area contributed by atoms with Gasteiger partial charge in [-0.05, 0) is 42.7 Å². The third-order valence-electron chi connectivity index (χ3n) is 3.29. The summed E-state index contributed by atoms with van der Waals surface area (Å²) in [5, 5.41) is 7.39. The topological polar surface area (TPSA) is 23.9 Å². The van der Waals surface area contributed by atoms with E-state index in [1.807, 2.05) is 0 Å². The highest BCUT2D eigenvalue weighted by atomic mass is 14.4. The fourth-order valence-corrected chi connectivity index (χ4v) is 2.47. The Morgan fingerprint density at radius 2 is 2.00 bits per heavy atom. The molecule has 0 aromatic carbocycles. The molecule has 0 aromatic heterocycles. The van der Waals surface area contributed by atoms with Crippen LogP contribution in [-0.4, -0.2) is 6.21 Å². The predicted octanol–water partition coefficient (Wildman–Crippen LogP) is 3.34. The molecule has 70 valence electrons. The highest BCUT2D eigenvalue weighted by Crippen LogP contribution is 2.36. The van der Waals surface area contributed by atoms with Gasteiger partial charge in [0, 0.05) is 0 Å². The molecule has 0 saturated heterocycles. The van der Waals surface area contributed by atoms with Crippen LogP contribution in [0.15, 0.2) is 0 Å². The molecule has 0 unspecified atom stereocenters. The molecule has 1 rings (SSSR count). The Hall–Kier alpha value is -0.330. The second-order valence-electron chi connectivity index (χ2n) is 4.66. The van der Waals surface area contributed by atoms with Crippen molar-refractivity contribution in [2.45, 2.75) is 40.0 Å². The van der Waals surface area contributed by atoms with Crippen molar-refractivity contribution in [1.82, 2.24) is 0 Å². The second-order valence-corrected chi connectivity index (χ2v) is 4.66. The highest BCUT2D eigenvalue weighted by molar-refractivity contribution is 5.57. The van der Waals surface area contributed by atoms with Crippen LogP contribution in [0, 0.1) is 29.1 Å². The monoisotopic (exact) mass is 167 g/mol. The first-order chi connectivity index (χ1) is 5.65. The summed E-state index contributed by atoms with van der Waals surface area (Å²) in [6.07, 6.45) is 5.62. The fraction of sp³-hybridized carbons (Fsp3) is 0.909. The molecule has 1 N–H and O–H groups in total. The fourth-order valence-electron chi connectivity index (χ4n) is 2.47. The van der Waals surface area contributed by atoms with Crippen LogP contribution in [0.4, 0.5) is 0 Å². The molecule has 12 heavy (non-hydrogen) atoms. The average molecular weight is 167 g/mol. The molecule has 1 nitrogen and oxygen atoms in total. The molecule has 1 aliphatic rings. The maximum absolute atomic E-state index is 7.39. The minimum atomic E-state index is 0.564. The molecule has 0 heterocycles. The zero-order valence-corrected chi connectivity index (χ0v) is 8.51. The molecule has 0 aromatic rings. The van der Waals surface area contributed by atoms with Crippen molar-refractivity contribution in [2.75, 3.05) is 0 Å². The molecule has 1 saturated carbocycles. The van der Waals surface area contributed by atoms with Crippen molar-refractivity contribution in [2.24, 2.45) is 23.7 Å². The molecule has 3 atom stereocenters. The predicted molar refractivity (Wildman–Crippen MR) is 53.6 cm³/mol. The molecule has 0 radical (unpaired) electrons. The van der Waals surface area contributed by atoms with E-state index in [0.29, 0.717) is 5.92 Å². The smallest absolute Gasteiger partial charge is 0.00138 e. The maximum Gasteiger partial charge on any atom is -0.00138 e. The van der Waals surface area contributed by atoms with E-state index >= 15 is 0 Å². The minimum Gasteiger partial charge on any atom is -0.313 e. The van der Waals surface area contributed by atoms with Crippen LogP contribution in [0.25, 0.3) is 0 Å². The summed E-state index contributed by atoms with van der Waals surface area (Å²) in [5.74, 6) is 2.93. The van der Waals surface area contributed by atoms with Crippen LogP contribution in [0.3, 0.4) is 0 Å². The van der Waals surface area contributed by atoms with Crippen molar-refractivity contribution in [1.29, 1.82) is 5.41 Å². The van der Waals surface area contributed by atoms with Gasteiger partial charge >= 0.3 is 0 Å². The first-order valence-corrected chi connectivity index (χ1v) is 5.15. The quantitative estimate of drug-likeness (QED) is 0.610. The minimum absolute atomic E-state index is 0.564. The Morgan fingerprint density at radius 3 is 2.50 bits per heavy atom. The van der Waals surface area contributed by atoms with E-state index in [9.17, 15) is 0 Å². The van der Waals surface area contributed by atoms with E-state index in [0.717, 1.165) is 17.8 Å². The number of rotatable bonds is 2. The van der Waals surface area contributed by atoms with Gasteiger partial charge in [0.05, 0.1) is 0 Å². The van der Waals surface area contributed by atoms with Gasteiger partial charge in [0.2, 0.25) is 0 Å². The van der Waals surface area contributed by atoms with Crippen LogP contribution in [0.1, 0.15) is 40.0 Å². The van der Waals surface area contributed by atoms with Gasteiger partial charge in [0.1, 0.15) is 0 Å². The van der Waals surface area contributed by atoms with Gasteiger partial charge in [-0.1, -0.05) is 27.2 Å². The number of hydrogen-bond acceptors (Lipinski definition) is 1. The van der Waals surface area contributed by atoms with Crippen molar-refractivity contribution in [3.05, 3.63) is 0 Å². The van der Waals surface area contributed by atoms with Crippen molar-refractivity contribution < 1.29 is 0 Å². The van der Waals surface area contributed by atoms with Crippen LogP contribution in [-0.2, 0) is 0 Å². The SMILES string of the molecule is CC(C)[C@@H]1CC[C@@H](C)C[C@H]1C=N. The van der Waals surface area contributed by atoms with Gasteiger partial charge in [-0.3, -0.25) is 0 Å². The van der Waals surface area contributed by atoms with E-state index in [1.54, 1.807) is 6.21 Å². The molecular formula is C11H21N.